The first-order valence-corrected chi connectivity index (χ1v) is 12.4. The number of nitrogens with zero attached hydrogens (tertiary/aromatic N) is 3. The van der Waals surface area contributed by atoms with Crippen LogP contribution in [0.5, 0.6) is 11.6 Å². The van der Waals surface area contributed by atoms with Gasteiger partial charge in [-0.05, 0) is 61.9 Å². The number of anilines is 1. The van der Waals surface area contributed by atoms with Gasteiger partial charge in [0, 0.05) is 24.3 Å². The Morgan fingerprint density at radius 2 is 1.83 bits per heavy atom. The molecule has 0 unspecified atom stereocenters. The van der Waals surface area contributed by atoms with Crippen molar-refractivity contribution >= 4 is 50.0 Å². The van der Waals surface area contributed by atoms with Crippen molar-refractivity contribution in [3.63, 3.8) is 0 Å². The van der Waals surface area contributed by atoms with Crippen LogP contribution in [-0.4, -0.2) is 37.6 Å². The van der Waals surface area contributed by atoms with Gasteiger partial charge in [0.05, 0.1) is 18.0 Å². The molecule has 35 heavy (non-hydrogen) atoms. The van der Waals surface area contributed by atoms with E-state index in [0.29, 0.717) is 23.7 Å². The van der Waals surface area contributed by atoms with Crippen LogP contribution in [0.3, 0.4) is 0 Å². The van der Waals surface area contributed by atoms with Gasteiger partial charge in [-0.1, -0.05) is 27.7 Å². The number of amides is 1. The van der Waals surface area contributed by atoms with Crippen molar-refractivity contribution in [2.45, 2.75) is 13.8 Å². The van der Waals surface area contributed by atoms with Crippen molar-refractivity contribution in [3.8, 4) is 11.6 Å². The Kier molecular flexibility index (Phi) is 8.57. The number of hydrogen-bond acceptors (Lipinski definition) is 7. The molecule has 3 aromatic rings. The third kappa shape index (κ3) is 6.23. The highest BCUT2D eigenvalue weighted by Gasteiger charge is 2.22. The SMILES string of the molecule is CCOc1ccc(N=C(SCC(=O)Nc2ccc(Br)cc2C)c2c(O)n(C)c(=O)n(C)c2=O)cc1. The van der Waals surface area contributed by atoms with E-state index in [1.165, 1.54) is 14.1 Å². The van der Waals surface area contributed by atoms with Gasteiger partial charge in [0.2, 0.25) is 11.8 Å². The van der Waals surface area contributed by atoms with Gasteiger partial charge in [0.15, 0.2) is 0 Å². The molecule has 9 nitrogen and oxygen atoms in total. The number of aryl methyl sites for hydroxylation is 1. The van der Waals surface area contributed by atoms with E-state index in [1.807, 2.05) is 26.0 Å². The number of aliphatic imine (C=N–C) groups is 1. The molecule has 3 rings (SSSR count). The van der Waals surface area contributed by atoms with Crippen LogP contribution < -0.4 is 21.3 Å². The predicted molar refractivity (Wildman–Crippen MR) is 142 cm³/mol. The van der Waals surface area contributed by atoms with Gasteiger partial charge >= 0.3 is 5.69 Å². The van der Waals surface area contributed by atoms with Crippen LogP contribution in [0.4, 0.5) is 11.4 Å². The number of carbonyl (C=O) groups excluding carboxylic acids is 1. The summed E-state index contributed by atoms with van der Waals surface area (Å²) in [6, 6.07) is 12.3. The highest BCUT2D eigenvalue weighted by molar-refractivity contribution is 9.10. The lowest BCUT2D eigenvalue weighted by atomic mass is 10.2. The van der Waals surface area contributed by atoms with Crippen LogP contribution in [-0.2, 0) is 18.9 Å². The molecule has 0 bridgehead atoms. The van der Waals surface area contributed by atoms with Gasteiger partial charge in [0.25, 0.3) is 5.56 Å². The number of rotatable bonds is 7. The highest BCUT2D eigenvalue weighted by atomic mass is 79.9. The fourth-order valence-corrected chi connectivity index (χ4v) is 4.48. The van der Waals surface area contributed by atoms with E-state index in [9.17, 15) is 19.5 Å². The Morgan fingerprint density at radius 1 is 1.14 bits per heavy atom. The zero-order valence-corrected chi connectivity index (χ0v) is 22.1. The normalized spacial score (nSPS) is 11.4. The van der Waals surface area contributed by atoms with Crippen molar-refractivity contribution in [3.05, 3.63) is 78.9 Å². The van der Waals surface area contributed by atoms with Gasteiger partial charge < -0.3 is 15.2 Å². The zero-order chi connectivity index (χ0) is 25.7. The molecule has 184 valence electrons. The fourth-order valence-electron chi connectivity index (χ4n) is 3.17. The summed E-state index contributed by atoms with van der Waals surface area (Å²) < 4.78 is 8.18. The number of thioether (sulfide) groups is 1. The number of benzene rings is 2. The highest BCUT2D eigenvalue weighted by Crippen LogP contribution is 2.25. The summed E-state index contributed by atoms with van der Waals surface area (Å²) in [6.07, 6.45) is 0. The Hall–Kier alpha value is -3.31. The van der Waals surface area contributed by atoms with Crippen LogP contribution in [0.25, 0.3) is 0 Å². The topological polar surface area (TPSA) is 115 Å². The molecule has 0 aliphatic heterocycles. The maximum atomic E-state index is 12.9. The van der Waals surface area contributed by atoms with Gasteiger partial charge in [-0.3, -0.25) is 18.7 Å². The number of carbonyl (C=O) groups is 1. The standard InChI is InChI=1S/C24H25BrN4O5S/c1-5-34-17-9-7-16(8-10-17)26-21(20-22(31)28(3)24(33)29(4)23(20)32)35-13-19(30)27-18-11-6-15(25)12-14(18)2/h6-12,31H,5,13H2,1-4H3,(H,27,30). The van der Waals surface area contributed by atoms with Crippen molar-refractivity contribution < 1.29 is 14.6 Å². The van der Waals surface area contributed by atoms with Crippen molar-refractivity contribution in [1.29, 1.82) is 0 Å². The van der Waals surface area contributed by atoms with Gasteiger partial charge in [0.1, 0.15) is 16.4 Å². The molecule has 0 aliphatic rings. The smallest absolute Gasteiger partial charge is 0.333 e. The molecule has 2 N–H and O–H groups in total. The van der Waals surface area contributed by atoms with E-state index in [0.717, 1.165) is 30.9 Å². The first-order chi connectivity index (χ1) is 16.6. The number of ether oxygens (including phenoxy) is 1. The fraction of sp³-hybridized carbons (Fsp3) is 0.250. The number of aromatic hydroxyl groups is 1. The Labute approximate surface area is 214 Å². The molecule has 2 aromatic carbocycles. The van der Waals surface area contributed by atoms with Gasteiger partial charge in [-0.15, -0.1) is 0 Å². The molecule has 1 aromatic heterocycles. The third-order valence-electron chi connectivity index (χ3n) is 5.03. The first-order valence-electron chi connectivity index (χ1n) is 10.6. The minimum atomic E-state index is -0.716. The lowest BCUT2D eigenvalue weighted by Crippen LogP contribution is -2.39. The molecule has 11 heteroatoms. The van der Waals surface area contributed by atoms with Crippen molar-refractivity contribution in [1.82, 2.24) is 9.13 Å². The van der Waals surface area contributed by atoms with E-state index in [2.05, 4.69) is 26.2 Å². The molecular weight excluding hydrogens is 536 g/mol. The second-order valence-electron chi connectivity index (χ2n) is 7.54. The third-order valence-corrected chi connectivity index (χ3v) is 6.50. The molecule has 0 aliphatic carbocycles. The second kappa shape index (κ2) is 11.4. The number of nitrogens with one attached hydrogen (secondary N) is 1. The van der Waals surface area contributed by atoms with E-state index in [4.69, 9.17) is 4.74 Å². The van der Waals surface area contributed by atoms with Gasteiger partial charge in [-0.2, -0.15) is 0 Å². The first kappa shape index (κ1) is 26.3. The van der Waals surface area contributed by atoms with Crippen LogP contribution in [0.2, 0.25) is 0 Å². The van der Waals surface area contributed by atoms with E-state index >= 15 is 0 Å². The average Bonchev–Trinajstić information content (AvgIpc) is 2.83. The number of hydrogen-bond donors (Lipinski definition) is 2. The van der Waals surface area contributed by atoms with Crippen LogP contribution in [0, 0.1) is 6.92 Å². The average molecular weight is 561 g/mol. The van der Waals surface area contributed by atoms with E-state index < -0.39 is 17.1 Å². The van der Waals surface area contributed by atoms with Crippen LogP contribution in [0.15, 0.2) is 61.5 Å². The summed E-state index contributed by atoms with van der Waals surface area (Å²) in [5.41, 5.74) is 0.462. The minimum Gasteiger partial charge on any atom is -0.494 e. The maximum absolute atomic E-state index is 12.9. The Bertz CT molecular complexity index is 1400. The number of aromatic nitrogens is 2. The van der Waals surface area contributed by atoms with Crippen molar-refractivity contribution in [2.75, 3.05) is 17.7 Å². The lowest BCUT2D eigenvalue weighted by Gasteiger charge is -2.13. The summed E-state index contributed by atoms with van der Waals surface area (Å²) in [5.74, 6) is -0.275. The molecule has 1 amide bonds. The monoisotopic (exact) mass is 560 g/mol. The molecule has 0 atom stereocenters. The van der Waals surface area contributed by atoms with E-state index in [-0.39, 0.29) is 22.3 Å². The largest absolute Gasteiger partial charge is 0.494 e. The van der Waals surface area contributed by atoms with Gasteiger partial charge in [-0.25, -0.2) is 9.79 Å². The summed E-state index contributed by atoms with van der Waals surface area (Å²) in [7, 11) is 2.67. The molecule has 0 spiro atoms. The summed E-state index contributed by atoms with van der Waals surface area (Å²) >= 11 is 4.37. The summed E-state index contributed by atoms with van der Waals surface area (Å²) in [6.45, 7) is 4.26. The Morgan fingerprint density at radius 3 is 2.46 bits per heavy atom. The molecular formula is C24H25BrN4O5S. The summed E-state index contributed by atoms with van der Waals surface area (Å²) in [5, 5.41) is 13.6. The molecule has 1 heterocycles. The maximum Gasteiger partial charge on any atom is 0.333 e. The molecule has 0 fully saturated rings. The summed E-state index contributed by atoms with van der Waals surface area (Å²) in [4.78, 5) is 42.3. The van der Waals surface area contributed by atoms with Crippen LogP contribution in [0.1, 0.15) is 18.1 Å². The molecule has 0 radical (unpaired) electrons. The minimum absolute atomic E-state index is 0.0865. The molecule has 0 saturated carbocycles. The number of halogens is 1. The molecule has 0 saturated heterocycles. The lowest BCUT2D eigenvalue weighted by molar-refractivity contribution is -0.113. The zero-order valence-electron chi connectivity index (χ0n) is 19.7. The second-order valence-corrected chi connectivity index (χ2v) is 9.42. The predicted octanol–water partition coefficient (Wildman–Crippen LogP) is 3.71. The Balaban J connectivity index is 1.97. The quantitative estimate of drug-likeness (QED) is 0.336. The van der Waals surface area contributed by atoms with E-state index in [1.54, 1.807) is 30.3 Å². The van der Waals surface area contributed by atoms with Crippen molar-refractivity contribution in [2.24, 2.45) is 19.1 Å². The van der Waals surface area contributed by atoms with Crippen LogP contribution >= 0.6 is 27.7 Å².